The van der Waals surface area contributed by atoms with Crippen LogP contribution in [0.15, 0.2) is 24.3 Å². The fourth-order valence-electron chi connectivity index (χ4n) is 2.37. The van der Waals surface area contributed by atoms with E-state index in [2.05, 4.69) is 10.6 Å². The number of carbonyl (C=O) groups excluding carboxylic acids is 1. The first kappa shape index (κ1) is 13.5. The Kier molecular flexibility index (Phi) is 4.11. The lowest BCUT2D eigenvalue weighted by Gasteiger charge is -2.14. The fraction of sp³-hybridized carbons (Fsp3) is 0.462. The van der Waals surface area contributed by atoms with Crippen LogP contribution in [0, 0.1) is 16.0 Å². The maximum absolute atomic E-state index is 12.0. The molecule has 0 saturated carbocycles. The van der Waals surface area contributed by atoms with E-state index in [1.807, 2.05) is 6.92 Å². The Labute approximate surface area is 111 Å². The quantitative estimate of drug-likeness (QED) is 0.631. The van der Waals surface area contributed by atoms with E-state index in [0.717, 1.165) is 13.0 Å². The standard InChI is InChI=1S/C13H17N3O3/c1-9-11(6-7-14-9)13(17)15-8-10-4-2-3-5-12(10)16(18)19/h2-5,9,11,14H,6-8H2,1H3,(H,15,17). The third-order valence-corrected chi connectivity index (χ3v) is 3.50. The van der Waals surface area contributed by atoms with E-state index >= 15 is 0 Å². The van der Waals surface area contributed by atoms with Gasteiger partial charge in [0.05, 0.1) is 10.8 Å². The molecule has 1 heterocycles. The highest BCUT2D eigenvalue weighted by Gasteiger charge is 2.29. The molecule has 19 heavy (non-hydrogen) atoms. The second-order valence-corrected chi connectivity index (χ2v) is 4.74. The van der Waals surface area contributed by atoms with E-state index in [0.29, 0.717) is 5.56 Å². The number of carbonyl (C=O) groups is 1. The number of nitrogens with zero attached hydrogens (tertiary/aromatic N) is 1. The molecular weight excluding hydrogens is 246 g/mol. The number of hydrogen-bond donors (Lipinski definition) is 2. The van der Waals surface area contributed by atoms with Gasteiger partial charge in [-0.05, 0) is 19.9 Å². The highest BCUT2D eigenvalue weighted by molar-refractivity contribution is 5.79. The van der Waals surface area contributed by atoms with Crippen molar-refractivity contribution in [1.29, 1.82) is 0 Å². The summed E-state index contributed by atoms with van der Waals surface area (Å²) in [7, 11) is 0. The number of nitro benzene ring substituents is 1. The summed E-state index contributed by atoms with van der Waals surface area (Å²) >= 11 is 0. The Morgan fingerprint density at radius 3 is 2.89 bits per heavy atom. The molecule has 0 spiro atoms. The lowest BCUT2D eigenvalue weighted by Crippen LogP contribution is -2.36. The van der Waals surface area contributed by atoms with Crippen molar-refractivity contribution in [3.63, 3.8) is 0 Å². The van der Waals surface area contributed by atoms with Gasteiger partial charge in [-0.1, -0.05) is 18.2 Å². The van der Waals surface area contributed by atoms with Crippen LogP contribution in [-0.2, 0) is 11.3 Å². The third-order valence-electron chi connectivity index (χ3n) is 3.50. The summed E-state index contributed by atoms with van der Waals surface area (Å²) in [6.45, 7) is 3.01. The lowest BCUT2D eigenvalue weighted by atomic mass is 10.0. The van der Waals surface area contributed by atoms with Crippen LogP contribution in [0.4, 0.5) is 5.69 Å². The van der Waals surface area contributed by atoms with Crippen molar-refractivity contribution >= 4 is 11.6 Å². The smallest absolute Gasteiger partial charge is 0.274 e. The summed E-state index contributed by atoms with van der Waals surface area (Å²) < 4.78 is 0. The van der Waals surface area contributed by atoms with Crippen LogP contribution in [0.5, 0.6) is 0 Å². The second kappa shape index (κ2) is 5.79. The van der Waals surface area contributed by atoms with Crippen LogP contribution in [0.1, 0.15) is 18.9 Å². The summed E-state index contributed by atoms with van der Waals surface area (Å²) in [6, 6.07) is 6.61. The topological polar surface area (TPSA) is 84.3 Å². The molecule has 6 nitrogen and oxygen atoms in total. The van der Waals surface area contributed by atoms with Crippen LogP contribution in [0.2, 0.25) is 0 Å². The zero-order valence-electron chi connectivity index (χ0n) is 10.8. The number of amides is 1. The molecule has 1 aromatic rings. The monoisotopic (exact) mass is 263 g/mol. The number of hydrogen-bond acceptors (Lipinski definition) is 4. The minimum atomic E-state index is -0.429. The average molecular weight is 263 g/mol. The van der Waals surface area contributed by atoms with Crippen molar-refractivity contribution in [2.75, 3.05) is 6.54 Å². The molecule has 0 aliphatic carbocycles. The van der Waals surface area contributed by atoms with Crippen LogP contribution < -0.4 is 10.6 Å². The molecule has 1 aromatic carbocycles. The van der Waals surface area contributed by atoms with Gasteiger partial charge < -0.3 is 10.6 Å². The first-order valence-corrected chi connectivity index (χ1v) is 6.33. The average Bonchev–Trinajstić information content (AvgIpc) is 2.82. The van der Waals surface area contributed by atoms with Gasteiger partial charge in [0.2, 0.25) is 5.91 Å². The SMILES string of the molecule is CC1NCCC1C(=O)NCc1ccccc1[N+](=O)[O-]. The molecule has 102 valence electrons. The van der Waals surface area contributed by atoms with Crippen LogP contribution >= 0.6 is 0 Å². The van der Waals surface area contributed by atoms with Crippen molar-refractivity contribution in [3.8, 4) is 0 Å². The first-order chi connectivity index (χ1) is 9.09. The molecule has 2 N–H and O–H groups in total. The lowest BCUT2D eigenvalue weighted by molar-refractivity contribution is -0.385. The molecule has 0 bridgehead atoms. The Hall–Kier alpha value is -1.95. The van der Waals surface area contributed by atoms with Gasteiger partial charge in [-0.15, -0.1) is 0 Å². The minimum Gasteiger partial charge on any atom is -0.351 e. The van der Waals surface area contributed by atoms with E-state index in [4.69, 9.17) is 0 Å². The van der Waals surface area contributed by atoms with Gasteiger partial charge in [0, 0.05) is 24.2 Å². The summed E-state index contributed by atoms with van der Waals surface area (Å²) in [4.78, 5) is 22.4. The summed E-state index contributed by atoms with van der Waals surface area (Å²) in [5.74, 6) is -0.0987. The number of nitro groups is 1. The molecule has 1 amide bonds. The fourth-order valence-corrected chi connectivity index (χ4v) is 2.37. The summed E-state index contributed by atoms with van der Waals surface area (Å²) in [5, 5.41) is 16.8. The van der Waals surface area contributed by atoms with Gasteiger partial charge in [0.15, 0.2) is 0 Å². The zero-order chi connectivity index (χ0) is 13.8. The molecule has 1 saturated heterocycles. The summed E-state index contributed by atoms with van der Waals surface area (Å²) in [6.07, 6.45) is 0.809. The van der Waals surface area contributed by atoms with E-state index in [9.17, 15) is 14.9 Å². The van der Waals surface area contributed by atoms with Crippen molar-refractivity contribution in [2.45, 2.75) is 25.9 Å². The molecule has 1 aliphatic heterocycles. The molecule has 2 rings (SSSR count). The van der Waals surface area contributed by atoms with Gasteiger partial charge in [0.25, 0.3) is 5.69 Å². The van der Waals surface area contributed by atoms with Gasteiger partial charge in [0.1, 0.15) is 0 Å². The Morgan fingerprint density at radius 2 is 2.26 bits per heavy atom. The number of nitrogens with one attached hydrogen (secondary N) is 2. The molecule has 1 aliphatic rings. The maximum atomic E-state index is 12.0. The predicted octanol–water partition coefficient (Wildman–Crippen LogP) is 1.21. The van der Waals surface area contributed by atoms with E-state index < -0.39 is 4.92 Å². The first-order valence-electron chi connectivity index (χ1n) is 6.33. The van der Waals surface area contributed by atoms with Crippen LogP contribution in [0.25, 0.3) is 0 Å². The van der Waals surface area contributed by atoms with Crippen LogP contribution in [0.3, 0.4) is 0 Å². The minimum absolute atomic E-state index is 0.0420. The van der Waals surface area contributed by atoms with E-state index in [-0.39, 0.29) is 30.1 Å². The Bertz CT molecular complexity index is 490. The Balaban J connectivity index is 1.99. The highest BCUT2D eigenvalue weighted by atomic mass is 16.6. The molecule has 1 fully saturated rings. The van der Waals surface area contributed by atoms with Gasteiger partial charge in [-0.2, -0.15) is 0 Å². The van der Waals surface area contributed by atoms with Gasteiger partial charge in [-0.3, -0.25) is 14.9 Å². The number of rotatable bonds is 4. The molecule has 2 unspecified atom stereocenters. The Morgan fingerprint density at radius 1 is 1.53 bits per heavy atom. The third kappa shape index (κ3) is 3.08. The van der Waals surface area contributed by atoms with Crippen molar-refractivity contribution in [3.05, 3.63) is 39.9 Å². The molecule has 0 radical (unpaired) electrons. The molecule has 2 atom stereocenters. The zero-order valence-corrected chi connectivity index (χ0v) is 10.8. The molecule has 0 aromatic heterocycles. The van der Waals surface area contributed by atoms with Gasteiger partial charge >= 0.3 is 0 Å². The normalized spacial score (nSPS) is 22.2. The number of benzene rings is 1. The molecule has 6 heteroatoms. The van der Waals surface area contributed by atoms with Crippen molar-refractivity contribution in [2.24, 2.45) is 5.92 Å². The van der Waals surface area contributed by atoms with Crippen molar-refractivity contribution in [1.82, 2.24) is 10.6 Å². The second-order valence-electron chi connectivity index (χ2n) is 4.74. The largest absolute Gasteiger partial charge is 0.351 e. The molecular formula is C13H17N3O3. The predicted molar refractivity (Wildman–Crippen MR) is 70.5 cm³/mol. The maximum Gasteiger partial charge on any atom is 0.274 e. The highest BCUT2D eigenvalue weighted by Crippen LogP contribution is 2.19. The van der Waals surface area contributed by atoms with Gasteiger partial charge in [-0.25, -0.2) is 0 Å². The van der Waals surface area contributed by atoms with E-state index in [1.165, 1.54) is 6.07 Å². The van der Waals surface area contributed by atoms with Crippen molar-refractivity contribution < 1.29 is 9.72 Å². The van der Waals surface area contributed by atoms with Crippen LogP contribution in [-0.4, -0.2) is 23.4 Å². The summed E-state index contributed by atoms with van der Waals surface area (Å²) in [5.41, 5.74) is 0.569. The number of para-hydroxylation sites is 1. The van der Waals surface area contributed by atoms with E-state index in [1.54, 1.807) is 18.2 Å².